The van der Waals surface area contributed by atoms with Gasteiger partial charge in [0.2, 0.25) is 11.8 Å². The van der Waals surface area contributed by atoms with E-state index in [9.17, 15) is 19.2 Å². The van der Waals surface area contributed by atoms with Crippen LogP contribution in [0.1, 0.15) is 68.8 Å². The molecule has 0 aliphatic carbocycles. The molecule has 0 saturated carbocycles. The van der Waals surface area contributed by atoms with Crippen LogP contribution in [0.4, 0.5) is 0 Å². The van der Waals surface area contributed by atoms with Gasteiger partial charge in [0.1, 0.15) is 23.4 Å². The summed E-state index contributed by atoms with van der Waals surface area (Å²) in [6.07, 6.45) is 0.595. The Bertz CT molecular complexity index is 1170. The van der Waals surface area contributed by atoms with Crippen LogP contribution in [-0.4, -0.2) is 72.7 Å². The van der Waals surface area contributed by atoms with Crippen LogP contribution < -0.4 is 16.0 Å². The minimum absolute atomic E-state index is 0.0296. The third kappa shape index (κ3) is 8.46. The summed E-state index contributed by atoms with van der Waals surface area (Å²) in [5.74, 6) is -1.25. The summed E-state index contributed by atoms with van der Waals surface area (Å²) in [6, 6.07) is 7.80. The van der Waals surface area contributed by atoms with Crippen molar-refractivity contribution in [2.24, 2.45) is 5.92 Å². The number of carbonyl (C=O) groups is 4. The standard InChI is InChI=1S/C29H40N4O7/c1-17(2)12-20(25(34)29(5)16-39-29)30-26(35)21(13-19-10-8-7-9-11-19)31-28(37)23(15-38-6)32-27(36)22-14-24(18(3)4)40-33-22/h7-11,14,17-18,20-21,23H,12-13,15-16H2,1-6H3,(H,30,35)(H,31,37)(H,32,36)/t20-,21-,23-,29+/m0/s1. The summed E-state index contributed by atoms with van der Waals surface area (Å²) in [5.41, 5.74) is -0.0691. The quantitative estimate of drug-likeness (QED) is 0.282. The maximum Gasteiger partial charge on any atom is 0.274 e. The first-order valence-corrected chi connectivity index (χ1v) is 13.5. The van der Waals surface area contributed by atoms with Crippen molar-refractivity contribution in [1.82, 2.24) is 21.1 Å². The second-order valence-electron chi connectivity index (χ2n) is 11.1. The van der Waals surface area contributed by atoms with Gasteiger partial charge < -0.3 is 29.9 Å². The molecule has 0 bridgehead atoms. The summed E-state index contributed by atoms with van der Waals surface area (Å²) in [5, 5.41) is 12.0. The van der Waals surface area contributed by atoms with Crippen molar-refractivity contribution in [1.29, 1.82) is 0 Å². The highest BCUT2D eigenvalue weighted by Gasteiger charge is 2.50. The number of amides is 3. The Hall–Kier alpha value is -3.57. The van der Waals surface area contributed by atoms with Gasteiger partial charge in [-0.25, -0.2) is 0 Å². The maximum absolute atomic E-state index is 13.6. The Morgan fingerprint density at radius 2 is 1.60 bits per heavy atom. The van der Waals surface area contributed by atoms with Gasteiger partial charge in [-0.1, -0.05) is 63.2 Å². The molecule has 11 nitrogen and oxygen atoms in total. The molecule has 3 rings (SSSR count). The fraction of sp³-hybridized carbons (Fsp3) is 0.552. The van der Waals surface area contributed by atoms with E-state index in [2.05, 4.69) is 21.1 Å². The van der Waals surface area contributed by atoms with Crippen LogP contribution in [0.5, 0.6) is 0 Å². The fourth-order valence-electron chi connectivity index (χ4n) is 4.18. The average Bonchev–Trinajstić information content (AvgIpc) is 3.45. The number of nitrogens with one attached hydrogen (secondary N) is 3. The summed E-state index contributed by atoms with van der Waals surface area (Å²) >= 11 is 0. The largest absolute Gasteiger partial charge is 0.382 e. The van der Waals surface area contributed by atoms with Crippen molar-refractivity contribution >= 4 is 23.5 Å². The van der Waals surface area contributed by atoms with Gasteiger partial charge >= 0.3 is 0 Å². The monoisotopic (exact) mass is 556 g/mol. The van der Waals surface area contributed by atoms with Crippen LogP contribution in [0.15, 0.2) is 40.9 Å². The zero-order valence-corrected chi connectivity index (χ0v) is 24.0. The van der Waals surface area contributed by atoms with Crippen LogP contribution >= 0.6 is 0 Å². The molecule has 218 valence electrons. The summed E-state index contributed by atoms with van der Waals surface area (Å²) in [7, 11) is 1.40. The molecule has 1 fully saturated rings. The molecule has 3 N–H and O–H groups in total. The third-order valence-electron chi connectivity index (χ3n) is 6.64. The molecule has 1 aromatic carbocycles. The topological polar surface area (TPSA) is 152 Å². The van der Waals surface area contributed by atoms with E-state index in [-0.39, 0.29) is 36.3 Å². The minimum Gasteiger partial charge on any atom is -0.382 e. The Kier molecular flexibility index (Phi) is 10.6. The van der Waals surface area contributed by atoms with Crippen molar-refractivity contribution in [2.75, 3.05) is 20.3 Å². The van der Waals surface area contributed by atoms with Crippen molar-refractivity contribution in [2.45, 2.75) is 77.1 Å². The highest BCUT2D eigenvalue weighted by atomic mass is 16.6. The molecule has 11 heteroatoms. The summed E-state index contributed by atoms with van der Waals surface area (Å²) < 4.78 is 15.7. The number of ether oxygens (including phenoxy) is 2. The Morgan fingerprint density at radius 1 is 0.975 bits per heavy atom. The molecule has 40 heavy (non-hydrogen) atoms. The van der Waals surface area contributed by atoms with E-state index < -0.39 is 41.4 Å². The van der Waals surface area contributed by atoms with Crippen LogP contribution in [0, 0.1) is 5.92 Å². The summed E-state index contributed by atoms with van der Waals surface area (Å²) in [4.78, 5) is 52.8. The lowest BCUT2D eigenvalue weighted by Crippen LogP contribution is -2.58. The van der Waals surface area contributed by atoms with E-state index in [0.717, 1.165) is 5.56 Å². The van der Waals surface area contributed by atoms with E-state index >= 15 is 0 Å². The van der Waals surface area contributed by atoms with E-state index in [1.165, 1.54) is 13.2 Å². The van der Waals surface area contributed by atoms with Crippen molar-refractivity contribution < 1.29 is 33.2 Å². The number of methoxy groups -OCH3 is 1. The molecular formula is C29H40N4O7. The lowest BCUT2D eigenvalue weighted by atomic mass is 9.93. The summed E-state index contributed by atoms with van der Waals surface area (Å²) in [6.45, 7) is 9.59. The van der Waals surface area contributed by atoms with E-state index in [1.807, 2.05) is 58.0 Å². The van der Waals surface area contributed by atoms with Gasteiger partial charge in [0.05, 0.1) is 19.3 Å². The van der Waals surface area contributed by atoms with Crippen LogP contribution in [0.2, 0.25) is 0 Å². The average molecular weight is 557 g/mol. The lowest BCUT2D eigenvalue weighted by molar-refractivity contribution is -0.133. The van der Waals surface area contributed by atoms with Crippen LogP contribution in [-0.2, 0) is 30.3 Å². The predicted molar refractivity (Wildman–Crippen MR) is 147 cm³/mol. The number of carbonyl (C=O) groups excluding carboxylic acids is 4. The van der Waals surface area contributed by atoms with E-state index in [1.54, 1.807) is 6.92 Å². The molecule has 4 atom stereocenters. The number of aromatic nitrogens is 1. The molecule has 3 amide bonds. The maximum atomic E-state index is 13.6. The predicted octanol–water partition coefficient (Wildman–Crippen LogP) is 2.16. The van der Waals surface area contributed by atoms with Crippen LogP contribution in [0.3, 0.4) is 0 Å². The molecular weight excluding hydrogens is 516 g/mol. The minimum atomic E-state index is -1.12. The van der Waals surface area contributed by atoms with Gasteiger partial charge in [-0.2, -0.15) is 0 Å². The lowest BCUT2D eigenvalue weighted by Gasteiger charge is -2.26. The van der Waals surface area contributed by atoms with Crippen molar-refractivity contribution in [3.05, 3.63) is 53.4 Å². The Morgan fingerprint density at radius 3 is 2.15 bits per heavy atom. The number of Topliss-reactive ketones (excluding diaryl/α,β-unsaturated/α-hetero) is 1. The Balaban J connectivity index is 1.78. The van der Waals surface area contributed by atoms with Crippen molar-refractivity contribution in [3.63, 3.8) is 0 Å². The molecule has 0 unspecified atom stereocenters. The number of epoxide rings is 1. The molecule has 1 aliphatic rings. The number of hydrogen-bond donors (Lipinski definition) is 3. The molecule has 1 aromatic heterocycles. The van der Waals surface area contributed by atoms with Gasteiger partial charge in [-0.3, -0.25) is 19.2 Å². The number of benzene rings is 1. The molecule has 2 heterocycles. The number of nitrogens with zero attached hydrogens (tertiary/aromatic N) is 1. The van der Waals surface area contributed by atoms with Gasteiger partial charge in [-0.15, -0.1) is 0 Å². The molecule has 2 aromatic rings. The zero-order valence-electron chi connectivity index (χ0n) is 24.0. The molecule has 0 radical (unpaired) electrons. The Labute approximate surface area is 234 Å². The zero-order chi connectivity index (χ0) is 29.4. The molecule has 1 saturated heterocycles. The third-order valence-corrected chi connectivity index (χ3v) is 6.64. The second kappa shape index (κ2) is 13.7. The second-order valence-corrected chi connectivity index (χ2v) is 11.1. The van der Waals surface area contributed by atoms with Gasteiger partial charge in [0.25, 0.3) is 5.91 Å². The number of ketones is 1. The molecule has 1 aliphatic heterocycles. The van der Waals surface area contributed by atoms with Crippen LogP contribution in [0.25, 0.3) is 0 Å². The van der Waals surface area contributed by atoms with E-state index in [4.69, 9.17) is 14.0 Å². The first-order chi connectivity index (χ1) is 18.9. The van der Waals surface area contributed by atoms with Gasteiger partial charge in [0, 0.05) is 25.5 Å². The molecule has 0 spiro atoms. The highest BCUT2D eigenvalue weighted by molar-refractivity contribution is 5.99. The number of hydrogen-bond acceptors (Lipinski definition) is 8. The van der Waals surface area contributed by atoms with Crippen molar-refractivity contribution in [3.8, 4) is 0 Å². The first-order valence-electron chi connectivity index (χ1n) is 13.5. The fourth-order valence-corrected chi connectivity index (χ4v) is 4.18. The van der Waals surface area contributed by atoms with Gasteiger partial charge in [0.15, 0.2) is 11.5 Å². The first kappa shape index (κ1) is 31.0. The number of rotatable bonds is 15. The smallest absolute Gasteiger partial charge is 0.274 e. The highest BCUT2D eigenvalue weighted by Crippen LogP contribution is 2.29. The normalized spacial score (nSPS) is 18.6. The van der Waals surface area contributed by atoms with E-state index in [0.29, 0.717) is 18.8 Å². The van der Waals surface area contributed by atoms with Gasteiger partial charge in [-0.05, 0) is 24.8 Å². The SMILES string of the molecule is COC[C@H](NC(=O)c1cc(C(C)C)on1)C(=O)N[C@@H](Cc1ccccc1)C(=O)N[C@@H](CC(C)C)C(=O)[C@@]1(C)CO1.